The lowest BCUT2D eigenvalue weighted by molar-refractivity contribution is -0.116. The first-order chi connectivity index (χ1) is 16.3. The van der Waals surface area contributed by atoms with E-state index in [0.717, 1.165) is 5.56 Å². The summed E-state index contributed by atoms with van der Waals surface area (Å²) in [4.78, 5) is 12.7. The molecule has 0 saturated carbocycles. The van der Waals surface area contributed by atoms with Crippen LogP contribution >= 0.6 is 0 Å². The maximum Gasteiger partial charge on any atom is 0.262 e. The van der Waals surface area contributed by atoms with Gasteiger partial charge in [0.25, 0.3) is 10.0 Å². The van der Waals surface area contributed by atoms with E-state index < -0.39 is 10.0 Å². The van der Waals surface area contributed by atoms with Crippen molar-refractivity contribution in [3.63, 3.8) is 0 Å². The van der Waals surface area contributed by atoms with Gasteiger partial charge in [-0.2, -0.15) is 0 Å². The van der Waals surface area contributed by atoms with Crippen LogP contribution in [0.15, 0.2) is 65.6 Å². The van der Waals surface area contributed by atoms with E-state index in [1.165, 1.54) is 13.2 Å². The van der Waals surface area contributed by atoms with Gasteiger partial charge in [0.05, 0.1) is 31.9 Å². The fourth-order valence-electron chi connectivity index (χ4n) is 3.52. The minimum atomic E-state index is -3.92. The van der Waals surface area contributed by atoms with Crippen LogP contribution in [0.2, 0.25) is 0 Å². The zero-order chi connectivity index (χ0) is 24.7. The van der Waals surface area contributed by atoms with E-state index >= 15 is 0 Å². The first kappa shape index (κ1) is 24.9. The third kappa shape index (κ3) is 5.79. The molecule has 3 rings (SSSR count). The number of carbonyl (C=O) groups is 1. The highest BCUT2D eigenvalue weighted by atomic mass is 32.2. The third-order valence-corrected chi connectivity index (χ3v) is 6.73. The van der Waals surface area contributed by atoms with Gasteiger partial charge in [0.2, 0.25) is 5.91 Å². The topological polar surface area (TPSA) is 103 Å². The summed E-state index contributed by atoms with van der Waals surface area (Å²) in [5.74, 6) is 1.33. The molecule has 0 radical (unpaired) electrons. The van der Waals surface area contributed by atoms with Crippen LogP contribution in [0, 0.1) is 6.92 Å². The molecule has 0 aliphatic carbocycles. The van der Waals surface area contributed by atoms with Crippen molar-refractivity contribution in [1.82, 2.24) is 0 Å². The number of rotatable bonds is 10. The number of carbonyl (C=O) groups excluding carboxylic acids is 1. The average Bonchev–Trinajstić information content (AvgIpc) is 2.83. The number of hydrogen-bond donors (Lipinski definition) is 2. The number of benzene rings is 3. The minimum absolute atomic E-state index is 0.0608. The molecule has 0 heterocycles. The molecule has 0 fully saturated rings. The molecular weight excluding hydrogens is 456 g/mol. The molecule has 3 aromatic rings. The van der Waals surface area contributed by atoms with Crippen molar-refractivity contribution in [3.05, 3.63) is 71.8 Å². The average molecular weight is 485 g/mol. The van der Waals surface area contributed by atoms with Crippen molar-refractivity contribution in [2.45, 2.75) is 24.7 Å². The highest BCUT2D eigenvalue weighted by Gasteiger charge is 2.20. The molecule has 0 unspecified atom stereocenters. The van der Waals surface area contributed by atoms with Crippen molar-refractivity contribution in [3.8, 4) is 17.2 Å². The first-order valence-electron chi connectivity index (χ1n) is 10.5. The minimum Gasteiger partial charge on any atom is -0.495 e. The molecule has 180 valence electrons. The van der Waals surface area contributed by atoms with Gasteiger partial charge in [-0.05, 0) is 54.8 Å². The van der Waals surface area contributed by atoms with Gasteiger partial charge in [-0.3, -0.25) is 9.52 Å². The molecule has 34 heavy (non-hydrogen) atoms. The molecule has 0 aliphatic heterocycles. The van der Waals surface area contributed by atoms with E-state index in [4.69, 9.17) is 14.2 Å². The number of amides is 1. The van der Waals surface area contributed by atoms with Crippen LogP contribution in [0.5, 0.6) is 17.2 Å². The van der Waals surface area contributed by atoms with Crippen molar-refractivity contribution >= 4 is 27.3 Å². The number of para-hydroxylation sites is 3. The van der Waals surface area contributed by atoms with Crippen LogP contribution in [0.3, 0.4) is 0 Å². The lowest BCUT2D eigenvalue weighted by atomic mass is 10.1. The van der Waals surface area contributed by atoms with Gasteiger partial charge in [0, 0.05) is 12.1 Å². The molecule has 0 aliphatic rings. The Morgan fingerprint density at radius 1 is 0.882 bits per heavy atom. The fourth-order valence-corrected chi connectivity index (χ4v) is 4.86. The number of aryl methyl sites for hydroxylation is 2. The third-order valence-electron chi connectivity index (χ3n) is 5.22. The fraction of sp³-hybridized carbons (Fsp3) is 0.240. The molecule has 9 heteroatoms. The second kappa shape index (κ2) is 10.9. The summed E-state index contributed by atoms with van der Waals surface area (Å²) in [6.45, 7) is 1.69. The second-order valence-corrected chi connectivity index (χ2v) is 9.14. The van der Waals surface area contributed by atoms with E-state index in [2.05, 4.69) is 10.0 Å². The summed E-state index contributed by atoms with van der Waals surface area (Å²) < 4.78 is 44.6. The van der Waals surface area contributed by atoms with Gasteiger partial charge in [-0.15, -0.1) is 0 Å². The lowest BCUT2D eigenvalue weighted by Crippen LogP contribution is -2.17. The number of methoxy groups -OCH3 is 3. The normalized spacial score (nSPS) is 10.9. The molecule has 0 saturated heterocycles. The molecular formula is C25H28N2O6S. The Bertz CT molecular complexity index is 1270. The van der Waals surface area contributed by atoms with Gasteiger partial charge in [0.15, 0.2) is 11.5 Å². The van der Waals surface area contributed by atoms with E-state index in [1.807, 2.05) is 12.1 Å². The van der Waals surface area contributed by atoms with Crippen molar-refractivity contribution in [1.29, 1.82) is 0 Å². The van der Waals surface area contributed by atoms with E-state index in [1.54, 1.807) is 63.6 Å². The first-order valence-corrected chi connectivity index (χ1v) is 12.0. The van der Waals surface area contributed by atoms with Gasteiger partial charge in [-0.1, -0.05) is 30.3 Å². The number of hydrogen-bond acceptors (Lipinski definition) is 6. The number of nitrogens with one attached hydrogen (secondary N) is 2. The molecule has 0 aromatic heterocycles. The molecule has 0 spiro atoms. The van der Waals surface area contributed by atoms with Crippen molar-refractivity contribution in [2.24, 2.45) is 0 Å². The molecule has 8 nitrogen and oxygen atoms in total. The maximum absolute atomic E-state index is 13.1. The Labute approximate surface area is 199 Å². The highest BCUT2D eigenvalue weighted by Crippen LogP contribution is 2.32. The van der Waals surface area contributed by atoms with Crippen LogP contribution < -0.4 is 24.2 Å². The number of ether oxygens (including phenoxy) is 3. The molecule has 0 atom stereocenters. The SMILES string of the molecule is COc1ccccc1NS(=O)(=O)c1cc(NC(=O)CCc2cccc(OC)c2OC)ccc1C. The Hall–Kier alpha value is -3.72. The molecule has 0 bridgehead atoms. The summed E-state index contributed by atoms with van der Waals surface area (Å²) >= 11 is 0. The van der Waals surface area contributed by atoms with E-state index in [9.17, 15) is 13.2 Å². The van der Waals surface area contributed by atoms with Crippen LogP contribution in [0.25, 0.3) is 0 Å². The Balaban J connectivity index is 1.74. The summed E-state index contributed by atoms with van der Waals surface area (Å²) in [6.07, 6.45) is 0.609. The van der Waals surface area contributed by atoms with Crippen LogP contribution in [0.4, 0.5) is 11.4 Å². The van der Waals surface area contributed by atoms with Crippen LogP contribution in [0.1, 0.15) is 17.5 Å². The standard InChI is InChI=1S/C25H28N2O6S/c1-17-12-14-19(16-23(17)34(29,30)27-20-9-5-6-10-21(20)31-2)26-24(28)15-13-18-8-7-11-22(32-3)25(18)33-4/h5-12,14,16,27H,13,15H2,1-4H3,(H,26,28). The predicted octanol–water partition coefficient (Wildman–Crippen LogP) is 4.39. The van der Waals surface area contributed by atoms with Crippen LogP contribution in [-0.4, -0.2) is 35.7 Å². The van der Waals surface area contributed by atoms with Crippen LogP contribution in [-0.2, 0) is 21.2 Å². The van der Waals surface area contributed by atoms with E-state index in [0.29, 0.717) is 40.6 Å². The monoisotopic (exact) mass is 484 g/mol. The predicted molar refractivity (Wildman–Crippen MR) is 131 cm³/mol. The summed E-state index contributed by atoms with van der Waals surface area (Å²) in [7, 11) is 0.655. The summed E-state index contributed by atoms with van der Waals surface area (Å²) in [5, 5.41) is 2.78. The Morgan fingerprint density at radius 3 is 2.29 bits per heavy atom. The summed E-state index contributed by atoms with van der Waals surface area (Å²) in [6, 6.07) is 17.0. The largest absolute Gasteiger partial charge is 0.495 e. The van der Waals surface area contributed by atoms with Crippen molar-refractivity contribution < 1.29 is 27.4 Å². The highest BCUT2D eigenvalue weighted by molar-refractivity contribution is 7.92. The maximum atomic E-state index is 13.1. The van der Waals surface area contributed by atoms with Gasteiger partial charge in [-0.25, -0.2) is 8.42 Å². The second-order valence-electron chi connectivity index (χ2n) is 7.49. The zero-order valence-electron chi connectivity index (χ0n) is 19.5. The van der Waals surface area contributed by atoms with Gasteiger partial charge < -0.3 is 19.5 Å². The lowest BCUT2D eigenvalue weighted by Gasteiger charge is -2.15. The zero-order valence-corrected chi connectivity index (χ0v) is 20.4. The molecule has 2 N–H and O–H groups in total. The van der Waals surface area contributed by atoms with Gasteiger partial charge >= 0.3 is 0 Å². The molecule has 3 aromatic carbocycles. The van der Waals surface area contributed by atoms with Gasteiger partial charge in [0.1, 0.15) is 5.75 Å². The number of sulfonamides is 1. The Morgan fingerprint density at radius 2 is 1.59 bits per heavy atom. The van der Waals surface area contributed by atoms with E-state index in [-0.39, 0.29) is 17.2 Å². The molecule has 1 amide bonds. The quantitative estimate of drug-likeness (QED) is 0.442. The smallest absolute Gasteiger partial charge is 0.262 e. The van der Waals surface area contributed by atoms with Crippen molar-refractivity contribution in [2.75, 3.05) is 31.4 Å². The number of anilines is 2. The Kier molecular flexibility index (Phi) is 8.01. The summed E-state index contributed by atoms with van der Waals surface area (Å²) in [5.41, 5.74) is 2.09.